The lowest BCUT2D eigenvalue weighted by molar-refractivity contribution is 0.181. The summed E-state index contributed by atoms with van der Waals surface area (Å²) in [6.45, 7) is 6.94. The van der Waals surface area contributed by atoms with Crippen molar-refractivity contribution in [2.24, 2.45) is 5.41 Å². The van der Waals surface area contributed by atoms with Crippen molar-refractivity contribution < 1.29 is 0 Å². The molecule has 0 spiro atoms. The first kappa shape index (κ1) is 19.0. The lowest BCUT2D eigenvalue weighted by atomic mass is 9.71. The van der Waals surface area contributed by atoms with Gasteiger partial charge in [0.1, 0.15) is 5.82 Å². The van der Waals surface area contributed by atoms with Gasteiger partial charge in [0.05, 0.1) is 5.52 Å². The summed E-state index contributed by atoms with van der Waals surface area (Å²) in [6.07, 6.45) is 16.2. The lowest BCUT2D eigenvalue weighted by Gasteiger charge is -2.34. The van der Waals surface area contributed by atoms with Gasteiger partial charge in [0, 0.05) is 12.6 Å². The van der Waals surface area contributed by atoms with E-state index < -0.39 is 0 Å². The Labute approximate surface area is 147 Å². The van der Waals surface area contributed by atoms with Crippen molar-refractivity contribution in [3.63, 3.8) is 0 Å². The normalized spacial score (nSPS) is 12.1. The van der Waals surface area contributed by atoms with Crippen molar-refractivity contribution in [3.8, 4) is 0 Å². The second kappa shape index (κ2) is 9.80. The quantitative estimate of drug-likeness (QED) is 0.486. The van der Waals surface area contributed by atoms with Gasteiger partial charge in [-0.15, -0.1) is 0 Å². The molecule has 0 atom stereocenters. The topological polar surface area (TPSA) is 41.6 Å². The Balaban J connectivity index is 2.08. The highest BCUT2D eigenvalue weighted by Gasteiger charge is 2.28. The monoisotopic (exact) mass is 329 g/mol. The number of pyridine rings is 1. The van der Waals surface area contributed by atoms with E-state index >= 15 is 0 Å². The maximum atomic E-state index is 4.69. The van der Waals surface area contributed by atoms with Crippen LogP contribution in [0.2, 0.25) is 0 Å². The second-order valence-electron chi connectivity index (χ2n) is 7.37. The van der Waals surface area contributed by atoms with Crippen LogP contribution < -0.4 is 0 Å². The van der Waals surface area contributed by atoms with Crippen LogP contribution in [0.15, 0.2) is 18.3 Å². The van der Waals surface area contributed by atoms with Gasteiger partial charge in [-0.1, -0.05) is 59.3 Å². The molecule has 0 amide bonds. The predicted octanol–water partition coefficient (Wildman–Crippen LogP) is 6.45. The third-order valence-electron chi connectivity index (χ3n) is 5.38. The smallest absolute Gasteiger partial charge is 0.177 e. The molecule has 2 aromatic heterocycles. The molecule has 0 aliphatic rings. The Morgan fingerprint density at radius 2 is 1.54 bits per heavy atom. The average molecular weight is 330 g/mol. The van der Waals surface area contributed by atoms with Gasteiger partial charge in [-0.2, -0.15) is 0 Å². The second-order valence-corrected chi connectivity index (χ2v) is 7.37. The van der Waals surface area contributed by atoms with E-state index in [1.807, 2.05) is 12.3 Å². The maximum absolute atomic E-state index is 4.69. The van der Waals surface area contributed by atoms with Crippen molar-refractivity contribution in [2.45, 2.75) is 91.4 Å². The van der Waals surface area contributed by atoms with Crippen LogP contribution in [0.1, 0.15) is 90.8 Å². The number of hydrogen-bond donors (Lipinski definition) is 1. The summed E-state index contributed by atoms with van der Waals surface area (Å²) < 4.78 is 0. The van der Waals surface area contributed by atoms with Crippen LogP contribution >= 0.6 is 0 Å². The van der Waals surface area contributed by atoms with Gasteiger partial charge in [-0.05, 0) is 43.2 Å². The first-order valence-electron chi connectivity index (χ1n) is 10.0. The van der Waals surface area contributed by atoms with Crippen molar-refractivity contribution in [1.29, 1.82) is 0 Å². The summed E-state index contributed by atoms with van der Waals surface area (Å²) in [5.74, 6) is 1.11. The molecule has 0 fully saturated rings. The van der Waals surface area contributed by atoms with Crippen molar-refractivity contribution >= 4 is 11.2 Å². The summed E-state index contributed by atoms with van der Waals surface area (Å²) in [6, 6.07) is 4.04. The minimum atomic E-state index is 0.508. The third-order valence-corrected chi connectivity index (χ3v) is 5.38. The van der Waals surface area contributed by atoms with Crippen molar-refractivity contribution in [2.75, 3.05) is 0 Å². The molecule has 0 aliphatic heterocycles. The van der Waals surface area contributed by atoms with E-state index in [0.717, 1.165) is 23.4 Å². The van der Waals surface area contributed by atoms with E-state index in [0.29, 0.717) is 5.41 Å². The van der Waals surface area contributed by atoms with E-state index in [9.17, 15) is 0 Å². The van der Waals surface area contributed by atoms with Gasteiger partial charge >= 0.3 is 0 Å². The molecule has 0 radical (unpaired) electrons. The minimum absolute atomic E-state index is 0.508. The number of imidazole rings is 1. The summed E-state index contributed by atoms with van der Waals surface area (Å²) in [5, 5.41) is 0. The summed E-state index contributed by atoms with van der Waals surface area (Å²) in [4.78, 5) is 12.5. The Bertz CT molecular complexity index is 533. The molecule has 2 rings (SSSR count). The van der Waals surface area contributed by atoms with Gasteiger partial charge < -0.3 is 4.98 Å². The summed E-state index contributed by atoms with van der Waals surface area (Å²) in [5.41, 5.74) is 2.43. The van der Waals surface area contributed by atoms with E-state index in [-0.39, 0.29) is 0 Å². The fraction of sp³-hybridized carbons (Fsp3) is 0.714. The van der Waals surface area contributed by atoms with Gasteiger partial charge in [-0.25, -0.2) is 9.97 Å². The number of aromatic nitrogens is 3. The number of nitrogens with zero attached hydrogens (tertiary/aromatic N) is 2. The standard InChI is InChI=1S/C21H35N3/c1-4-7-13-21(14-8-5-2,15-9-6-3)16-12-19-23-18-11-10-17-22-20(18)24-19/h10-11,17H,4-9,12-16H2,1-3H3,(H,22,23,24). The minimum Gasteiger partial charge on any atom is -0.341 e. The number of H-pyrrole nitrogens is 1. The van der Waals surface area contributed by atoms with E-state index in [1.54, 1.807) is 0 Å². The van der Waals surface area contributed by atoms with Crippen LogP contribution in [0.25, 0.3) is 11.2 Å². The average Bonchev–Trinajstić information content (AvgIpc) is 3.03. The molecule has 24 heavy (non-hydrogen) atoms. The SMILES string of the molecule is CCCCC(CCCC)(CCCC)CCc1nc2ncccc2[nH]1. The molecule has 2 heterocycles. The zero-order valence-corrected chi connectivity index (χ0v) is 15.9. The number of aryl methyl sites for hydroxylation is 1. The summed E-state index contributed by atoms with van der Waals surface area (Å²) in [7, 11) is 0. The van der Waals surface area contributed by atoms with Crippen LogP contribution in [0.5, 0.6) is 0 Å². The fourth-order valence-electron chi connectivity index (χ4n) is 3.80. The van der Waals surface area contributed by atoms with Crippen LogP contribution in [0.3, 0.4) is 0 Å². The van der Waals surface area contributed by atoms with Gasteiger partial charge in [0.25, 0.3) is 0 Å². The predicted molar refractivity (Wildman–Crippen MR) is 103 cm³/mol. The highest BCUT2D eigenvalue weighted by molar-refractivity contribution is 5.69. The zero-order valence-electron chi connectivity index (χ0n) is 15.9. The Morgan fingerprint density at radius 3 is 2.08 bits per heavy atom. The molecular weight excluding hydrogens is 294 g/mol. The molecule has 0 aromatic carbocycles. The van der Waals surface area contributed by atoms with E-state index in [2.05, 4.69) is 41.8 Å². The van der Waals surface area contributed by atoms with Gasteiger partial charge in [0.2, 0.25) is 0 Å². The Kier molecular flexibility index (Phi) is 7.74. The molecule has 134 valence electrons. The third kappa shape index (κ3) is 5.32. The Morgan fingerprint density at radius 1 is 0.917 bits per heavy atom. The number of nitrogens with one attached hydrogen (secondary N) is 1. The summed E-state index contributed by atoms with van der Waals surface area (Å²) >= 11 is 0. The van der Waals surface area contributed by atoms with Gasteiger partial charge in [0.15, 0.2) is 5.65 Å². The van der Waals surface area contributed by atoms with Crippen molar-refractivity contribution in [1.82, 2.24) is 15.0 Å². The highest BCUT2D eigenvalue weighted by Crippen LogP contribution is 2.40. The number of rotatable bonds is 12. The number of fused-ring (bicyclic) bond motifs is 1. The number of hydrogen-bond acceptors (Lipinski definition) is 2. The molecule has 0 bridgehead atoms. The Hall–Kier alpha value is -1.38. The molecule has 1 N–H and O–H groups in total. The van der Waals surface area contributed by atoms with Crippen LogP contribution in [-0.4, -0.2) is 15.0 Å². The molecule has 0 aliphatic carbocycles. The van der Waals surface area contributed by atoms with Crippen LogP contribution in [0, 0.1) is 5.41 Å². The van der Waals surface area contributed by atoms with E-state index in [1.165, 1.54) is 64.2 Å². The van der Waals surface area contributed by atoms with Crippen molar-refractivity contribution in [3.05, 3.63) is 24.2 Å². The molecule has 0 saturated heterocycles. The number of unbranched alkanes of at least 4 members (excludes halogenated alkanes) is 3. The lowest BCUT2D eigenvalue weighted by Crippen LogP contribution is -2.22. The van der Waals surface area contributed by atoms with Crippen LogP contribution in [-0.2, 0) is 6.42 Å². The molecule has 2 aromatic rings. The molecule has 3 nitrogen and oxygen atoms in total. The van der Waals surface area contributed by atoms with Crippen LogP contribution in [0.4, 0.5) is 0 Å². The largest absolute Gasteiger partial charge is 0.341 e. The first-order valence-corrected chi connectivity index (χ1v) is 10.0. The molecule has 0 saturated carbocycles. The first-order chi connectivity index (χ1) is 11.7. The number of aromatic amines is 1. The van der Waals surface area contributed by atoms with E-state index in [4.69, 9.17) is 0 Å². The maximum Gasteiger partial charge on any atom is 0.177 e. The van der Waals surface area contributed by atoms with Gasteiger partial charge in [-0.3, -0.25) is 0 Å². The molecule has 3 heteroatoms. The molecule has 0 unspecified atom stereocenters. The molecular formula is C21H35N3. The fourth-order valence-corrected chi connectivity index (χ4v) is 3.80. The highest BCUT2D eigenvalue weighted by atomic mass is 15.0. The zero-order chi connectivity index (χ0) is 17.3.